The first kappa shape index (κ1) is 58.0. The van der Waals surface area contributed by atoms with Crippen molar-refractivity contribution in [3.63, 3.8) is 0 Å². The molecule has 0 unspecified atom stereocenters. The molecular weight excluding hydrogens is 1080 g/mol. The van der Waals surface area contributed by atoms with Crippen molar-refractivity contribution in [2.24, 2.45) is 11.8 Å². The van der Waals surface area contributed by atoms with E-state index in [0.29, 0.717) is 88.8 Å². The maximum absolute atomic E-state index is 14.3. The molecule has 4 heterocycles. The summed E-state index contributed by atoms with van der Waals surface area (Å²) in [5.41, 5.74) is 6.74. The molecular formula is C58H74BrN9O9S. The largest absolute Gasteiger partial charge is 0.494 e. The number of halogens is 1. The predicted octanol–water partition coefficient (Wildman–Crippen LogP) is 8.79. The number of aliphatic hydroxyl groups excluding tert-OH is 1. The first-order chi connectivity index (χ1) is 37.8. The Hall–Kier alpha value is -6.19. The van der Waals surface area contributed by atoms with E-state index in [0.717, 1.165) is 88.1 Å². The maximum atomic E-state index is 14.3. The van der Waals surface area contributed by atoms with Crippen LogP contribution in [0.3, 0.4) is 0 Å². The Balaban J connectivity index is 0.697. The molecule has 3 aliphatic rings. The van der Waals surface area contributed by atoms with Gasteiger partial charge in [0.05, 0.1) is 39.9 Å². The number of aryl methyl sites for hydroxylation is 1. The van der Waals surface area contributed by atoms with Crippen LogP contribution in [0.5, 0.6) is 11.5 Å². The van der Waals surface area contributed by atoms with Crippen LogP contribution in [0.15, 0.2) is 82.9 Å². The third-order valence-corrected chi connectivity index (χ3v) is 15.9. The van der Waals surface area contributed by atoms with Crippen molar-refractivity contribution in [2.75, 3.05) is 77.0 Å². The number of rotatable bonds is 30. The van der Waals surface area contributed by atoms with Crippen molar-refractivity contribution in [3.05, 3.63) is 105 Å². The third kappa shape index (κ3) is 15.5. The fourth-order valence-corrected chi connectivity index (χ4v) is 11.0. The number of fused-ring (bicyclic) bond motifs is 1. The summed E-state index contributed by atoms with van der Waals surface area (Å²) in [6, 6.07) is 19.2. The van der Waals surface area contributed by atoms with Crippen molar-refractivity contribution in [1.29, 1.82) is 0 Å². The molecule has 18 nitrogen and oxygen atoms in total. The summed E-state index contributed by atoms with van der Waals surface area (Å²) in [6.07, 6.45) is 8.09. The molecule has 2 fully saturated rings. The molecule has 8 rings (SSSR count). The molecule has 5 aromatic rings. The van der Waals surface area contributed by atoms with Gasteiger partial charge in [0.1, 0.15) is 29.4 Å². The number of hydrogen-bond donors (Lipinski definition) is 4. The molecule has 2 aliphatic heterocycles. The minimum Gasteiger partial charge on any atom is -0.494 e. The molecule has 3 aromatic carbocycles. The lowest BCUT2D eigenvalue weighted by molar-refractivity contribution is -0.143. The van der Waals surface area contributed by atoms with Gasteiger partial charge in [-0.25, -0.2) is 9.97 Å². The first-order valence-corrected chi connectivity index (χ1v) is 29.0. The summed E-state index contributed by atoms with van der Waals surface area (Å²) >= 11 is 5.08. The van der Waals surface area contributed by atoms with Crippen LogP contribution in [0.25, 0.3) is 10.4 Å². The highest BCUT2D eigenvalue weighted by molar-refractivity contribution is 9.10. The Morgan fingerprint density at radius 2 is 1.64 bits per heavy atom. The minimum atomic E-state index is -0.897. The standard InChI is InChI=1S/C58H74BrN9O9S/c1-38(2)51(68-35-43-13-5-6-16-47(43)56(68)72)57(73)67-36-45(69)32-49(67)54(70)61-33-42-18-17-41(52-39(3)63-37-78-52)31-50(42)77-30-12-28-75-26-8-7-25-74-27-11-29-76-46-21-19-44(20-22-46)64-58-62-34-48(59)53(65-58)60-23-10-24-66(4)55(71)40-14-9-15-40/h5-6,13,16-22,31,34,37-38,40,45,49,51,69H,7-12,14-15,23-30,32-33,35-36H2,1-4H3,(H,61,70)(H2,60,62,64,65)/t45-,49+,51+/m1/s1. The molecule has 3 atom stereocenters. The van der Waals surface area contributed by atoms with Crippen LogP contribution >= 0.6 is 27.3 Å². The number of benzene rings is 3. The van der Waals surface area contributed by atoms with E-state index in [2.05, 4.69) is 46.8 Å². The number of aliphatic hydroxyl groups is 1. The van der Waals surface area contributed by atoms with Crippen molar-refractivity contribution < 1.29 is 43.2 Å². The summed E-state index contributed by atoms with van der Waals surface area (Å²) < 4.78 is 24.8. The van der Waals surface area contributed by atoms with Gasteiger partial charge < -0.3 is 54.7 Å². The summed E-state index contributed by atoms with van der Waals surface area (Å²) in [7, 11) is 1.88. The van der Waals surface area contributed by atoms with Gasteiger partial charge in [-0.3, -0.25) is 19.2 Å². The molecule has 0 spiro atoms. The maximum Gasteiger partial charge on any atom is 0.255 e. The van der Waals surface area contributed by atoms with Crippen molar-refractivity contribution in [2.45, 2.75) is 110 Å². The van der Waals surface area contributed by atoms with Gasteiger partial charge in [-0.2, -0.15) is 4.98 Å². The number of nitrogens with zero attached hydrogens (tertiary/aromatic N) is 6. The quantitative estimate of drug-likeness (QED) is 0.0317. The van der Waals surface area contributed by atoms with Crippen LogP contribution in [0.4, 0.5) is 17.5 Å². The zero-order valence-electron chi connectivity index (χ0n) is 45.2. The number of likely N-dealkylation sites (tertiary alicyclic amines) is 1. The number of aromatic nitrogens is 3. The lowest BCUT2D eigenvalue weighted by Crippen LogP contribution is -2.55. The average molecular weight is 1150 g/mol. The van der Waals surface area contributed by atoms with Crippen LogP contribution < -0.4 is 25.4 Å². The van der Waals surface area contributed by atoms with E-state index in [1.165, 1.54) is 4.90 Å². The normalized spacial score (nSPS) is 16.5. The van der Waals surface area contributed by atoms with E-state index >= 15 is 0 Å². The highest BCUT2D eigenvalue weighted by Crippen LogP contribution is 2.34. The van der Waals surface area contributed by atoms with E-state index in [1.807, 2.05) is 98.9 Å². The second kappa shape index (κ2) is 28.6. The van der Waals surface area contributed by atoms with E-state index in [1.54, 1.807) is 28.5 Å². The van der Waals surface area contributed by atoms with Crippen molar-refractivity contribution in [3.8, 4) is 21.9 Å². The molecule has 0 radical (unpaired) electrons. The first-order valence-electron chi connectivity index (χ1n) is 27.3. The minimum absolute atomic E-state index is 0.00881. The zero-order chi connectivity index (χ0) is 55.0. The monoisotopic (exact) mass is 1150 g/mol. The van der Waals surface area contributed by atoms with E-state index < -0.39 is 18.2 Å². The Morgan fingerprint density at radius 3 is 2.33 bits per heavy atom. The Kier molecular flexibility index (Phi) is 21.3. The van der Waals surface area contributed by atoms with Gasteiger partial charge in [0, 0.05) is 114 Å². The number of amides is 4. The number of ether oxygens (including phenoxy) is 4. The van der Waals surface area contributed by atoms with Gasteiger partial charge in [-0.15, -0.1) is 11.3 Å². The lowest BCUT2D eigenvalue weighted by Gasteiger charge is -2.35. The van der Waals surface area contributed by atoms with Gasteiger partial charge in [-0.05, 0) is 108 Å². The number of anilines is 3. The molecule has 2 aromatic heterocycles. The van der Waals surface area contributed by atoms with Gasteiger partial charge in [0.25, 0.3) is 5.91 Å². The molecule has 1 aliphatic carbocycles. The summed E-state index contributed by atoms with van der Waals surface area (Å²) in [5, 5.41) is 20.4. The molecule has 20 heteroatoms. The number of carbonyl (C=O) groups is 4. The predicted molar refractivity (Wildman–Crippen MR) is 304 cm³/mol. The molecule has 78 heavy (non-hydrogen) atoms. The smallest absolute Gasteiger partial charge is 0.255 e. The van der Waals surface area contributed by atoms with Crippen LogP contribution in [0.2, 0.25) is 0 Å². The van der Waals surface area contributed by atoms with E-state index in [-0.39, 0.29) is 55.0 Å². The molecule has 4 amide bonds. The summed E-state index contributed by atoms with van der Waals surface area (Å²) in [6.45, 7) is 10.9. The van der Waals surface area contributed by atoms with Crippen LogP contribution in [-0.4, -0.2) is 143 Å². The molecule has 0 bridgehead atoms. The number of β-amino-alcohol motifs (C(OH)–C–C–N with tert-alkyl or cyclic N) is 1. The van der Waals surface area contributed by atoms with Gasteiger partial charge in [0.15, 0.2) is 0 Å². The lowest BCUT2D eigenvalue weighted by atomic mass is 9.84. The van der Waals surface area contributed by atoms with E-state index in [9.17, 15) is 24.3 Å². The number of thiazole rings is 1. The fraction of sp³-hybridized carbons (Fsp3) is 0.500. The van der Waals surface area contributed by atoms with Gasteiger partial charge in [-0.1, -0.05) is 50.6 Å². The topological polar surface area (TPSA) is 210 Å². The van der Waals surface area contributed by atoms with E-state index in [4.69, 9.17) is 18.9 Å². The molecule has 418 valence electrons. The zero-order valence-corrected chi connectivity index (χ0v) is 47.6. The van der Waals surface area contributed by atoms with Crippen LogP contribution in [-0.2, 0) is 36.9 Å². The molecule has 1 saturated carbocycles. The average Bonchev–Trinajstić information content (AvgIpc) is 4.20. The number of nitrogens with one attached hydrogen (secondary N) is 3. The highest BCUT2D eigenvalue weighted by atomic mass is 79.9. The summed E-state index contributed by atoms with van der Waals surface area (Å²) in [5.74, 6) is 1.85. The molecule has 1 saturated heterocycles. The highest BCUT2D eigenvalue weighted by Gasteiger charge is 2.46. The second-order valence-electron chi connectivity index (χ2n) is 20.5. The molecule has 4 N–H and O–H groups in total. The third-order valence-electron chi connectivity index (χ3n) is 14.3. The van der Waals surface area contributed by atoms with Gasteiger partial charge in [0.2, 0.25) is 23.7 Å². The van der Waals surface area contributed by atoms with Gasteiger partial charge >= 0.3 is 0 Å². The van der Waals surface area contributed by atoms with Crippen LogP contribution in [0.1, 0.15) is 98.8 Å². The van der Waals surface area contributed by atoms with Crippen molar-refractivity contribution in [1.82, 2.24) is 35.0 Å². The number of unbranched alkanes of at least 4 members (excludes halogenated alkanes) is 1. The number of hydrogen-bond acceptors (Lipinski definition) is 15. The Morgan fingerprint density at radius 1 is 0.910 bits per heavy atom. The fourth-order valence-electron chi connectivity index (χ4n) is 9.83. The van der Waals surface area contributed by atoms with Crippen molar-refractivity contribution >= 4 is 68.3 Å². The number of carbonyl (C=O) groups excluding carboxylic acids is 4. The Labute approximate surface area is 470 Å². The second-order valence-corrected chi connectivity index (χ2v) is 22.2. The SMILES string of the molecule is Cc1ncsc1-c1ccc(CNC(=O)[C@@H]2C[C@@H](O)CN2C(=O)[C@H](C(C)C)N2Cc3ccccc3C2=O)c(OCCCOCCCCOCCCOc2ccc(Nc3ncc(Br)c(NCCCN(C)C(=O)C4CCC4)n3)cc2)c1. The summed E-state index contributed by atoms with van der Waals surface area (Å²) in [4.78, 5) is 73.4. The Bertz CT molecular complexity index is 2800. The van der Waals surface area contributed by atoms with Crippen LogP contribution in [0, 0.1) is 18.8 Å².